The molecule has 30 heavy (non-hydrogen) atoms. The first kappa shape index (κ1) is 20.6. The standard InChI is InChI=1S/C25H20N2O3/c1-18(28)23-9-5-6-10-24(23)27-25(29)21(16-26)15-19-11-13-22(14-12-19)30-17-20-7-3-2-4-8-20/h2-15H,17H2,1H3,(H,27,29)/b21-15-. The van der Waals surface area contributed by atoms with E-state index in [9.17, 15) is 14.9 Å². The quantitative estimate of drug-likeness (QED) is 0.346. The Morgan fingerprint density at radius 1 is 0.967 bits per heavy atom. The zero-order valence-electron chi connectivity index (χ0n) is 16.5. The van der Waals surface area contributed by atoms with Crippen LogP contribution in [0.2, 0.25) is 0 Å². The average Bonchev–Trinajstić information content (AvgIpc) is 2.77. The van der Waals surface area contributed by atoms with Gasteiger partial charge in [0.05, 0.1) is 5.69 Å². The lowest BCUT2D eigenvalue weighted by atomic mass is 10.1. The van der Waals surface area contributed by atoms with Crippen molar-refractivity contribution in [2.24, 2.45) is 0 Å². The maximum absolute atomic E-state index is 12.5. The van der Waals surface area contributed by atoms with Crippen molar-refractivity contribution < 1.29 is 14.3 Å². The summed E-state index contributed by atoms with van der Waals surface area (Å²) >= 11 is 0. The summed E-state index contributed by atoms with van der Waals surface area (Å²) in [5.41, 5.74) is 2.46. The molecular weight excluding hydrogens is 376 g/mol. The summed E-state index contributed by atoms with van der Waals surface area (Å²) in [5.74, 6) is -0.0515. The number of carbonyl (C=O) groups excluding carboxylic acids is 2. The van der Waals surface area contributed by atoms with Gasteiger partial charge in [-0.25, -0.2) is 0 Å². The number of ketones is 1. The van der Waals surface area contributed by atoms with E-state index in [1.54, 1.807) is 48.5 Å². The minimum absolute atomic E-state index is 0.0636. The van der Waals surface area contributed by atoms with E-state index in [-0.39, 0.29) is 11.4 Å². The molecule has 0 saturated heterocycles. The van der Waals surface area contributed by atoms with Crippen molar-refractivity contribution in [1.82, 2.24) is 0 Å². The molecule has 3 aromatic carbocycles. The SMILES string of the molecule is CC(=O)c1ccccc1NC(=O)/C(C#N)=C\c1ccc(OCc2ccccc2)cc1. The summed E-state index contributed by atoms with van der Waals surface area (Å²) < 4.78 is 5.74. The molecule has 1 N–H and O–H groups in total. The van der Waals surface area contributed by atoms with Gasteiger partial charge in [-0.15, -0.1) is 0 Å². The van der Waals surface area contributed by atoms with Gasteiger partial charge in [0.25, 0.3) is 5.91 Å². The maximum Gasteiger partial charge on any atom is 0.266 e. The van der Waals surface area contributed by atoms with E-state index >= 15 is 0 Å². The van der Waals surface area contributed by atoms with Gasteiger partial charge >= 0.3 is 0 Å². The Morgan fingerprint density at radius 2 is 1.63 bits per heavy atom. The second-order valence-electron chi connectivity index (χ2n) is 6.57. The molecule has 0 aromatic heterocycles. The van der Waals surface area contributed by atoms with Gasteiger partial charge in [-0.05, 0) is 48.4 Å². The predicted octanol–water partition coefficient (Wildman–Crippen LogP) is 5.01. The molecule has 1 amide bonds. The lowest BCUT2D eigenvalue weighted by Gasteiger charge is -2.09. The van der Waals surface area contributed by atoms with Crippen LogP contribution in [0.3, 0.4) is 0 Å². The van der Waals surface area contributed by atoms with E-state index in [0.29, 0.717) is 29.2 Å². The number of Topliss-reactive ketones (excluding diaryl/α,β-unsaturated/α-hetero) is 1. The van der Waals surface area contributed by atoms with Crippen LogP contribution in [0.4, 0.5) is 5.69 Å². The lowest BCUT2D eigenvalue weighted by Crippen LogP contribution is -2.15. The van der Waals surface area contributed by atoms with E-state index in [1.165, 1.54) is 13.0 Å². The summed E-state index contributed by atoms with van der Waals surface area (Å²) in [6.07, 6.45) is 1.49. The van der Waals surface area contributed by atoms with Crippen molar-refractivity contribution >= 4 is 23.5 Å². The lowest BCUT2D eigenvalue weighted by molar-refractivity contribution is -0.112. The Morgan fingerprint density at radius 3 is 2.30 bits per heavy atom. The molecule has 148 valence electrons. The van der Waals surface area contributed by atoms with Crippen LogP contribution < -0.4 is 10.1 Å². The molecule has 0 unspecified atom stereocenters. The van der Waals surface area contributed by atoms with Gasteiger partial charge in [-0.3, -0.25) is 9.59 Å². The summed E-state index contributed by atoms with van der Waals surface area (Å²) in [4.78, 5) is 24.2. The van der Waals surface area contributed by atoms with Gasteiger partial charge in [0, 0.05) is 5.56 Å². The second kappa shape index (κ2) is 9.85. The zero-order chi connectivity index (χ0) is 21.3. The third kappa shape index (κ3) is 5.43. The molecule has 0 aliphatic carbocycles. The predicted molar refractivity (Wildman–Crippen MR) is 116 cm³/mol. The van der Waals surface area contributed by atoms with Crippen LogP contribution in [0, 0.1) is 11.3 Å². The molecule has 0 radical (unpaired) electrons. The number of hydrogen-bond acceptors (Lipinski definition) is 4. The average molecular weight is 396 g/mol. The summed E-state index contributed by atoms with van der Waals surface area (Å²) in [5, 5.41) is 12.0. The van der Waals surface area contributed by atoms with Crippen LogP contribution in [0.15, 0.2) is 84.4 Å². The Bertz CT molecular complexity index is 1110. The van der Waals surface area contributed by atoms with Crippen molar-refractivity contribution in [2.75, 3.05) is 5.32 Å². The molecule has 0 fully saturated rings. The number of carbonyl (C=O) groups is 2. The second-order valence-corrected chi connectivity index (χ2v) is 6.57. The van der Waals surface area contributed by atoms with Crippen molar-refractivity contribution in [1.29, 1.82) is 5.26 Å². The number of nitriles is 1. The molecule has 5 heteroatoms. The molecule has 0 bridgehead atoms. The summed E-state index contributed by atoms with van der Waals surface area (Å²) in [7, 11) is 0. The van der Waals surface area contributed by atoms with Gasteiger partial charge in [0.15, 0.2) is 5.78 Å². The number of anilines is 1. The van der Waals surface area contributed by atoms with Crippen molar-refractivity contribution in [2.45, 2.75) is 13.5 Å². The number of nitrogens with one attached hydrogen (secondary N) is 1. The van der Waals surface area contributed by atoms with Crippen LogP contribution in [-0.2, 0) is 11.4 Å². The monoisotopic (exact) mass is 396 g/mol. The van der Waals surface area contributed by atoms with Crippen molar-refractivity contribution in [3.8, 4) is 11.8 Å². The molecule has 0 aliphatic rings. The molecule has 0 saturated carbocycles. The topological polar surface area (TPSA) is 79.2 Å². The van der Waals surface area contributed by atoms with E-state index < -0.39 is 5.91 Å². The number of ether oxygens (including phenoxy) is 1. The fourth-order valence-electron chi connectivity index (χ4n) is 2.81. The minimum atomic E-state index is -0.574. The number of hydrogen-bond donors (Lipinski definition) is 1. The molecule has 0 spiro atoms. The Labute approximate surface area is 175 Å². The van der Waals surface area contributed by atoms with Crippen molar-refractivity contribution in [3.05, 3.63) is 101 Å². The van der Waals surface area contributed by atoms with E-state index in [0.717, 1.165) is 5.56 Å². The number of benzene rings is 3. The Hall–Kier alpha value is -4.17. The molecule has 0 aliphatic heterocycles. The van der Waals surface area contributed by atoms with E-state index in [2.05, 4.69) is 5.32 Å². The third-order valence-corrected chi connectivity index (χ3v) is 4.36. The minimum Gasteiger partial charge on any atom is -0.489 e. The first-order valence-electron chi connectivity index (χ1n) is 9.36. The number of para-hydroxylation sites is 1. The highest BCUT2D eigenvalue weighted by Crippen LogP contribution is 2.19. The fourth-order valence-corrected chi connectivity index (χ4v) is 2.81. The van der Waals surface area contributed by atoms with E-state index in [4.69, 9.17) is 4.74 Å². The fraction of sp³-hybridized carbons (Fsp3) is 0.0800. The highest BCUT2D eigenvalue weighted by molar-refractivity contribution is 6.12. The highest BCUT2D eigenvalue weighted by Gasteiger charge is 2.13. The summed E-state index contributed by atoms with van der Waals surface area (Å²) in [6, 6.07) is 25.5. The molecule has 3 aromatic rings. The van der Waals surface area contributed by atoms with Gasteiger partial charge in [-0.1, -0.05) is 54.6 Å². The van der Waals surface area contributed by atoms with Gasteiger partial charge in [0.1, 0.15) is 24.0 Å². The van der Waals surface area contributed by atoms with Crippen LogP contribution in [0.25, 0.3) is 6.08 Å². The molecule has 0 atom stereocenters. The van der Waals surface area contributed by atoms with Crippen LogP contribution in [0.1, 0.15) is 28.4 Å². The maximum atomic E-state index is 12.5. The summed E-state index contributed by atoms with van der Waals surface area (Å²) in [6.45, 7) is 1.88. The van der Waals surface area contributed by atoms with Crippen LogP contribution in [0.5, 0.6) is 5.75 Å². The van der Waals surface area contributed by atoms with Gasteiger partial charge < -0.3 is 10.1 Å². The zero-order valence-corrected chi connectivity index (χ0v) is 16.5. The van der Waals surface area contributed by atoms with Gasteiger partial charge in [-0.2, -0.15) is 5.26 Å². The Kier molecular flexibility index (Phi) is 6.75. The number of rotatable bonds is 7. The van der Waals surface area contributed by atoms with Crippen LogP contribution in [-0.4, -0.2) is 11.7 Å². The van der Waals surface area contributed by atoms with E-state index in [1.807, 2.05) is 36.4 Å². The van der Waals surface area contributed by atoms with Crippen molar-refractivity contribution in [3.63, 3.8) is 0 Å². The third-order valence-electron chi connectivity index (χ3n) is 4.36. The first-order chi connectivity index (χ1) is 14.6. The first-order valence-corrected chi connectivity index (χ1v) is 9.36. The number of nitrogens with zero attached hydrogens (tertiary/aromatic N) is 1. The molecule has 0 heterocycles. The Balaban J connectivity index is 1.69. The van der Waals surface area contributed by atoms with Gasteiger partial charge in [0.2, 0.25) is 0 Å². The smallest absolute Gasteiger partial charge is 0.266 e. The molecule has 5 nitrogen and oxygen atoms in total. The molecular formula is C25H20N2O3. The molecule has 3 rings (SSSR count). The largest absolute Gasteiger partial charge is 0.489 e. The van der Waals surface area contributed by atoms with Crippen LogP contribution >= 0.6 is 0 Å². The normalized spacial score (nSPS) is 10.7. The highest BCUT2D eigenvalue weighted by atomic mass is 16.5. The number of amides is 1.